The standard InChI is InChI=1S/C16H15BFN3/c1-16(18)11-5-4-8-13(10(11)9-15(16)17)21-14-7-3-2-6-12(14)19-20-21/h2-8,15H,9,17H2,1H3. The van der Waals surface area contributed by atoms with Crippen molar-refractivity contribution >= 4 is 18.9 Å². The van der Waals surface area contributed by atoms with Crippen LogP contribution in [-0.4, -0.2) is 22.8 Å². The number of hydrogen-bond acceptors (Lipinski definition) is 2. The van der Waals surface area contributed by atoms with E-state index in [0.717, 1.165) is 34.3 Å². The second kappa shape index (κ2) is 4.17. The molecule has 4 rings (SSSR count). The zero-order valence-corrected chi connectivity index (χ0v) is 12.0. The molecule has 0 saturated heterocycles. The van der Waals surface area contributed by atoms with Crippen LogP contribution in [0.2, 0.25) is 5.82 Å². The van der Waals surface area contributed by atoms with Crippen LogP contribution in [0.15, 0.2) is 42.5 Å². The minimum absolute atomic E-state index is 0.0246. The molecular weight excluding hydrogens is 264 g/mol. The van der Waals surface area contributed by atoms with Gasteiger partial charge in [-0.3, -0.25) is 0 Å². The Labute approximate surface area is 123 Å². The molecule has 1 aromatic heterocycles. The molecule has 3 aromatic rings. The average molecular weight is 279 g/mol. The summed E-state index contributed by atoms with van der Waals surface area (Å²) in [5, 5.41) is 8.46. The minimum Gasteiger partial charge on any atom is -0.239 e. The Balaban J connectivity index is 1.98. The van der Waals surface area contributed by atoms with Gasteiger partial charge in [0.25, 0.3) is 0 Å². The van der Waals surface area contributed by atoms with Crippen molar-refractivity contribution in [1.82, 2.24) is 15.0 Å². The lowest BCUT2D eigenvalue weighted by molar-refractivity contribution is 0.195. The third-order valence-corrected chi connectivity index (χ3v) is 4.69. The molecule has 1 aliphatic carbocycles. The van der Waals surface area contributed by atoms with Gasteiger partial charge in [0.05, 0.1) is 11.2 Å². The summed E-state index contributed by atoms with van der Waals surface area (Å²) in [6.45, 7) is 1.67. The third-order valence-electron chi connectivity index (χ3n) is 4.69. The number of aromatic nitrogens is 3. The maximum absolute atomic E-state index is 14.9. The average Bonchev–Trinajstić information content (AvgIpc) is 3.00. The largest absolute Gasteiger partial charge is 0.239 e. The van der Waals surface area contributed by atoms with E-state index >= 15 is 0 Å². The molecule has 2 unspecified atom stereocenters. The molecule has 1 heterocycles. The maximum atomic E-state index is 14.9. The summed E-state index contributed by atoms with van der Waals surface area (Å²) in [6, 6.07) is 13.6. The van der Waals surface area contributed by atoms with Crippen molar-refractivity contribution in [2.24, 2.45) is 0 Å². The molecule has 21 heavy (non-hydrogen) atoms. The number of rotatable bonds is 1. The van der Waals surface area contributed by atoms with Crippen molar-refractivity contribution in [2.45, 2.75) is 24.8 Å². The predicted molar refractivity (Wildman–Crippen MR) is 83.3 cm³/mol. The Morgan fingerprint density at radius 3 is 2.90 bits per heavy atom. The highest BCUT2D eigenvalue weighted by Crippen LogP contribution is 2.48. The molecule has 104 valence electrons. The highest BCUT2D eigenvalue weighted by atomic mass is 19.1. The van der Waals surface area contributed by atoms with E-state index in [1.807, 2.05) is 55.0 Å². The first-order valence-electron chi connectivity index (χ1n) is 7.21. The number of alkyl halides is 1. The van der Waals surface area contributed by atoms with Gasteiger partial charge in [-0.25, -0.2) is 9.07 Å². The molecule has 0 aliphatic heterocycles. The normalized spacial score (nSPS) is 24.4. The summed E-state index contributed by atoms with van der Waals surface area (Å²) < 4.78 is 16.7. The van der Waals surface area contributed by atoms with Crippen molar-refractivity contribution < 1.29 is 4.39 Å². The summed E-state index contributed by atoms with van der Waals surface area (Å²) in [5.74, 6) is -0.0246. The molecule has 0 saturated carbocycles. The fraction of sp³-hybridized carbons (Fsp3) is 0.250. The first-order valence-corrected chi connectivity index (χ1v) is 7.21. The molecule has 0 N–H and O–H groups in total. The Hall–Kier alpha value is -2.17. The summed E-state index contributed by atoms with van der Waals surface area (Å²) in [6.07, 6.45) is 0.729. The van der Waals surface area contributed by atoms with Crippen LogP contribution in [0.3, 0.4) is 0 Å². The Kier molecular flexibility index (Phi) is 2.49. The van der Waals surface area contributed by atoms with Gasteiger partial charge < -0.3 is 0 Å². The predicted octanol–water partition coefficient (Wildman–Crippen LogP) is 2.58. The molecule has 5 heteroatoms. The lowest BCUT2D eigenvalue weighted by Crippen LogP contribution is -2.17. The molecule has 0 fully saturated rings. The lowest BCUT2D eigenvalue weighted by atomic mass is 9.76. The molecule has 0 amide bonds. The second-order valence-electron chi connectivity index (χ2n) is 5.97. The van der Waals surface area contributed by atoms with Gasteiger partial charge in [0, 0.05) is 0 Å². The van der Waals surface area contributed by atoms with Gasteiger partial charge in [-0.2, -0.15) is 0 Å². The highest BCUT2D eigenvalue weighted by Gasteiger charge is 2.41. The second-order valence-corrected chi connectivity index (χ2v) is 5.97. The number of halogens is 1. The highest BCUT2D eigenvalue weighted by molar-refractivity contribution is 6.13. The van der Waals surface area contributed by atoms with Crippen LogP contribution >= 0.6 is 0 Å². The minimum atomic E-state index is -1.28. The SMILES string of the molecule is BC1Cc2c(-n3nnc4ccccc43)cccc2C1(C)F. The van der Waals surface area contributed by atoms with Crippen LogP contribution in [-0.2, 0) is 12.1 Å². The maximum Gasteiger partial charge on any atom is 0.129 e. The Morgan fingerprint density at radius 1 is 1.24 bits per heavy atom. The van der Waals surface area contributed by atoms with Crippen LogP contribution in [0, 0.1) is 0 Å². The molecular formula is C16H15BFN3. The van der Waals surface area contributed by atoms with Crippen molar-refractivity contribution in [1.29, 1.82) is 0 Å². The van der Waals surface area contributed by atoms with Gasteiger partial charge in [0.15, 0.2) is 0 Å². The summed E-state index contributed by atoms with van der Waals surface area (Å²) in [7, 11) is 1.96. The molecule has 2 atom stereocenters. The van der Waals surface area contributed by atoms with Crippen molar-refractivity contribution in [3.8, 4) is 5.69 Å². The van der Waals surface area contributed by atoms with Crippen molar-refractivity contribution in [2.75, 3.05) is 0 Å². The number of para-hydroxylation sites is 1. The molecule has 0 radical (unpaired) electrons. The van der Waals surface area contributed by atoms with Gasteiger partial charge >= 0.3 is 0 Å². The number of nitrogens with zero attached hydrogens (tertiary/aromatic N) is 3. The van der Waals surface area contributed by atoms with E-state index in [0.29, 0.717) is 0 Å². The van der Waals surface area contributed by atoms with Crippen LogP contribution in [0.25, 0.3) is 16.7 Å². The van der Waals surface area contributed by atoms with Crippen molar-refractivity contribution in [3.63, 3.8) is 0 Å². The monoisotopic (exact) mass is 279 g/mol. The van der Waals surface area contributed by atoms with E-state index in [1.54, 1.807) is 6.92 Å². The summed E-state index contributed by atoms with van der Waals surface area (Å²) >= 11 is 0. The van der Waals surface area contributed by atoms with Crippen LogP contribution < -0.4 is 0 Å². The molecule has 2 aromatic carbocycles. The smallest absolute Gasteiger partial charge is 0.129 e. The van der Waals surface area contributed by atoms with E-state index in [9.17, 15) is 4.39 Å². The van der Waals surface area contributed by atoms with Gasteiger partial charge in [-0.15, -0.1) is 5.10 Å². The fourth-order valence-electron chi connectivity index (χ4n) is 3.26. The third kappa shape index (κ3) is 1.66. The quantitative estimate of drug-likeness (QED) is 0.641. The van der Waals surface area contributed by atoms with E-state index in [4.69, 9.17) is 0 Å². The molecule has 0 bridgehead atoms. The van der Waals surface area contributed by atoms with Crippen molar-refractivity contribution in [3.05, 3.63) is 53.6 Å². The topological polar surface area (TPSA) is 30.7 Å². The number of fused-ring (bicyclic) bond motifs is 2. The number of benzene rings is 2. The van der Waals surface area contributed by atoms with Gasteiger partial charge in [0.1, 0.15) is 19.0 Å². The van der Waals surface area contributed by atoms with E-state index in [-0.39, 0.29) is 5.82 Å². The summed E-state index contributed by atoms with van der Waals surface area (Å²) in [4.78, 5) is 0. The number of hydrogen-bond donors (Lipinski definition) is 0. The van der Waals surface area contributed by atoms with E-state index in [1.165, 1.54) is 0 Å². The fourth-order valence-corrected chi connectivity index (χ4v) is 3.26. The first-order chi connectivity index (χ1) is 10.1. The van der Waals surface area contributed by atoms with E-state index in [2.05, 4.69) is 10.3 Å². The molecule has 0 spiro atoms. The van der Waals surface area contributed by atoms with Crippen LogP contribution in [0.5, 0.6) is 0 Å². The Morgan fingerprint density at radius 2 is 2.05 bits per heavy atom. The van der Waals surface area contributed by atoms with Crippen LogP contribution in [0.4, 0.5) is 4.39 Å². The van der Waals surface area contributed by atoms with E-state index < -0.39 is 5.67 Å². The van der Waals surface area contributed by atoms with Gasteiger partial charge in [-0.1, -0.05) is 29.5 Å². The van der Waals surface area contributed by atoms with Gasteiger partial charge in [0.2, 0.25) is 0 Å². The Bertz CT molecular complexity index is 840. The first kappa shape index (κ1) is 12.6. The lowest BCUT2D eigenvalue weighted by Gasteiger charge is -2.20. The molecule has 1 aliphatic rings. The zero-order chi connectivity index (χ0) is 14.6. The summed E-state index contributed by atoms with van der Waals surface area (Å²) in [5.41, 5.74) is 3.30. The zero-order valence-electron chi connectivity index (χ0n) is 12.0. The van der Waals surface area contributed by atoms with Gasteiger partial charge in [-0.05, 0) is 48.5 Å². The molecule has 3 nitrogen and oxygen atoms in total. The van der Waals surface area contributed by atoms with Crippen LogP contribution in [0.1, 0.15) is 18.1 Å².